The molecule has 32 heavy (non-hydrogen) atoms. The lowest BCUT2D eigenvalue weighted by Gasteiger charge is -2.32. The zero-order chi connectivity index (χ0) is 22.5. The first-order valence-electron chi connectivity index (χ1n) is 10.3. The summed E-state index contributed by atoms with van der Waals surface area (Å²) in [6.45, 7) is 4.98. The molecule has 3 aromatic rings. The lowest BCUT2D eigenvalue weighted by Crippen LogP contribution is -2.40. The van der Waals surface area contributed by atoms with Gasteiger partial charge in [-0.25, -0.2) is 14.6 Å². The Kier molecular flexibility index (Phi) is 6.22. The van der Waals surface area contributed by atoms with Crippen molar-refractivity contribution in [2.75, 3.05) is 32.5 Å². The molecule has 1 aliphatic heterocycles. The van der Waals surface area contributed by atoms with Crippen molar-refractivity contribution >= 4 is 22.8 Å². The number of fused-ring (bicyclic) bond motifs is 1. The third-order valence-corrected chi connectivity index (χ3v) is 5.31. The first-order chi connectivity index (χ1) is 15.6. The molecule has 3 heterocycles. The molecular weight excluding hydrogens is 408 g/mol. The first-order valence-corrected chi connectivity index (χ1v) is 10.3. The third kappa shape index (κ3) is 4.34. The van der Waals surface area contributed by atoms with Crippen LogP contribution in [0.25, 0.3) is 11.0 Å². The monoisotopic (exact) mass is 432 g/mol. The first kappa shape index (κ1) is 21.2. The second-order valence-corrected chi connectivity index (χ2v) is 7.30. The van der Waals surface area contributed by atoms with Crippen LogP contribution in [0.15, 0.2) is 43.2 Å². The number of methoxy groups -OCH3 is 1. The van der Waals surface area contributed by atoms with Gasteiger partial charge in [-0.05, 0) is 37.0 Å². The summed E-state index contributed by atoms with van der Waals surface area (Å²) >= 11 is 0. The molecule has 2 N–H and O–H groups in total. The highest BCUT2D eigenvalue weighted by Crippen LogP contribution is 2.28. The van der Waals surface area contributed by atoms with Crippen molar-refractivity contribution in [2.24, 2.45) is 0 Å². The minimum atomic E-state index is -0.0880. The summed E-state index contributed by atoms with van der Waals surface area (Å²) in [7, 11) is 1.60. The number of ether oxygens (including phenoxy) is 2. The van der Waals surface area contributed by atoms with Gasteiger partial charge in [-0.2, -0.15) is 5.10 Å². The van der Waals surface area contributed by atoms with Crippen LogP contribution >= 0.6 is 0 Å². The maximum Gasteiger partial charge on any atom is 0.246 e. The van der Waals surface area contributed by atoms with Crippen molar-refractivity contribution < 1.29 is 14.3 Å². The summed E-state index contributed by atoms with van der Waals surface area (Å²) in [6, 6.07) is 7.28. The van der Waals surface area contributed by atoms with Gasteiger partial charge in [0.15, 0.2) is 5.65 Å². The van der Waals surface area contributed by atoms with Crippen LogP contribution in [-0.4, -0.2) is 57.4 Å². The maximum atomic E-state index is 12.1. The number of rotatable bonds is 5. The number of anilines is 1. The van der Waals surface area contributed by atoms with E-state index in [-0.39, 0.29) is 18.6 Å². The number of hydrogen-bond acceptors (Lipinski definition) is 7. The molecule has 4 rings (SSSR count). The van der Waals surface area contributed by atoms with E-state index in [1.807, 2.05) is 22.9 Å². The number of piperidine rings is 1. The lowest BCUT2D eigenvalue weighted by atomic mass is 10.1. The summed E-state index contributed by atoms with van der Waals surface area (Å²) < 4.78 is 12.7. The second-order valence-electron chi connectivity index (χ2n) is 7.30. The lowest BCUT2D eigenvalue weighted by molar-refractivity contribution is -0.127. The van der Waals surface area contributed by atoms with Gasteiger partial charge in [-0.1, -0.05) is 18.6 Å². The minimum Gasteiger partial charge on any atom is -0.497 e. The average molecular weight is 432 g/mol. The van der Waals surface area contributed by atoms with Crippen molar-refractivity contribution in [1.82, 2.24) is 24.6 Å². The van der Waals surface area contributed by atoms with Crippen LogP contribution in [0.1, 0.15) is 24.6 Å². The minimum absolute atomic E-state index is 0.0342. The van der Waals surface area contributed by atoms with Crippen molar-refractivity contribution in [3.05, 3.63) is 48.9 Å². The number of amides is 1. The van der Waals surface area contributed by atoms with Gasteiger partial charge < -0.3 is 20.1 Å². The van der Waals surface area contributed by atoms with Crippen molar-refractivity contribution in [2.45, 2.75) is 18.9 Å². The van der Waals surface area contributed by atoms with E-state index in [4.69, 9.17) is 15.2 Å². The Labute approximate surface area is 185 Å². The Bertz CT molecular complexity index is 1210. The molecule has 1 aliphatic rings. The van der Waals surface area contributed by atoms with Crippen molar-refractivity contribution in [3.8, 4) is 23.3 Å². The largest absolute Gasteiger partial charge is 0.497 e. The summed E-state index contributed by atoms with van der Waals surface area (Å²) in [4.78, 5) is 22.4. The standard InChI is InChI=1S/C23H24N6O3/c1-3-20(30)28-11-5-7-16(14-28)29-23-21(22(24)25-15-26-23)19(27-29)10-6-12-32-18-9-4-8-17(13-18)31-2/h3-4,8-9,13,15-16H,1,5,7,11-12,14H2,2H3,(H2,24,25,26)/t16-/m1/s1. The molecule has 2 aromatic heterocycles. The number of carbonyl (C=O) groups is 1. The summed E-state index contributed by atoms with van der Waals surface area (Å²) in [5.41, 5.74) is 7.22. The molecule has 0 saturated carbocycles. The third-order valence-electron chi connectivity index (χ3n) is 5.31. The van der Waals surface area contributed by atoms with Crippen LogP contribution in [0.5, 0.6) is 11.5 Å². The Morgan fingerprint density at radius 3 is 3.03 bits per heavy atom. The number of nitrogens with zero attached hydrogens (tertiary/aromatic N) is 5. The number of nitrogens with two attached hydrogens (primary N) is 1. The van der Waals surface area contributed by atoms with Crippen LogP contribution in [0.2, 0.25) is 0 Å². The fourth-order valence-electron chi connectivity index (χ4n) is 3.75. The van der Waals surface area contributed by atoms with Gasteiger partial charge in [0, 0.05) is 19.2 Å². The number of hydrogen-bond donors (Lipinski definition) is 1. The van der Waals surface area contributed by atoms with E-state index in [2.05, 4.69) is 33.5 Å². The second kappa shape index (κ2) is 9.39. The Hall–Kier alpha value is -4.06. The van der Waals surface area contributed by atoms with E-state index >= 15 is 0 Å². The molecule has 9 nitrogen and oxygen atoms in total. The van der Waals surface area contributed by atoms with Gasteiger partial charge in [0.05, 0.1) is 18.5 Å². The van der Waals surface area contributed by atoms with E-state index in [0.29, 0.717) is 47.1 Å². The number of nitrogen functional groups attached to an aromatic ring is 1. The van der Waals surface area contributed by atoms with Crippen LogP contribution < -0.4 is 15.2 Å². The highest BCUT2D eigenvalue weighted by atomic mass is 16.5. The van der Waals surface area contributed by atoms with Crippen molar-refractivity contribution in [1.29, 1.82) is 0 Å². The van der Waals surface area contributed by atoms with Gasteiger partial charge in [0.2, 0.25) is 5.91 Å². The Morgan fingerprint density at radius 1 is 1.38 bits per heavy atom. The zero-order valence-corrected chi connectivity index (χ0v) is 17.8. The number of carbonyl (C=O) groups excluding carboxylic acids is 1. The van der Waals surface area contributed by atoms with Crippen LogP contribution in [0.3, 0.4) is 0 Å². The molecule has 1 atom stereocenters. The quantitative estimate of drug-likeness (QED) is 0.486. The Balaban J connectivity index is 1.58. The highest BCUT2D eigenvalue weighted by molar-refractivity contribution is 5.90. The zero-order valence-electron chi connectivity index (χ0n) is 17.8. The van der Waals surface area contributed by atoms with Gasteiger partial charge in [-0.15, -0.1) is 0 Å². The van der Waals surface area contributed by atoms with E-state index in [9.17, 15) is 4.79 Å². The smallest absolute Gasteiger partial charge is 0.246 e. The van der Waals surface area contributed by atoms with Crippen LogP contribution in [0, 0.1) is 11.8 Å². The molecular formula is C23H24N6O3. The fourth-order valence-corrected chi connectivity index (χ4v) is 3.75. The SMILES string of the molecule is C=CC(=O)N1CCC[C@@H](n2nc(C#CCOc3cccc(OC)c3)c3c(N)ncnc32)C1. The molecule has 9 heteroatoms. The van der Waals surface area contributed by atoms with Gasteiger partial charge in [0.1, 0.15) is 35.9 Å². The predicted octanol–water partition coefficient (Wildman–Crippen LogP) is 2.20. The summed E-state index contributed by atoms with van der Waals surface area (Å²) in [5, 5.41) is 5.29. The van der Waals surface area contributed by atoms with E-state index < -0.39 is 0 Å². The number of likely N-dealkylation sites (tertiary alicyclic amines) is 1. The molecule has 1 saturated heterocycles. The highest BCUT2D eigenvalue weighted by Gasteiger charge is 2.27. The molecule has 0 aliphatic carbocycles. The van der Waals surface area contributed by atoms with Crippen LogP contribution in [-0.2, 0) is 4.79 Å². The molecule has 1 fully saturated rings. The maximum absolute atomic E-state index is 12.1. The van der Waals surface area contributed by atoms with E-state index in [1.54, 1.807) is 18.1 Å². The molecule has 0 bridgehead atoms. The molecule has 1 amide bonds. The van der Waals surface area contributed by atoms with Gasteiger partial charge in [0.25, 0.3) is 0 Å². The average Bonchev–Trinajstić information content (AvgIpc) is 3.21. The molecule has 1 aromatic carbocycles. The van der Waals surface area contributed by atoms with Crippen LogP contribution in [0.4, 0.5) is 5.82 Å². The molecule has 0 unspecified atom stereocenters. The summed E-state index contributed by atoms with van der Waals surface area (Å²) in [6.07, 6.45) is 4.48. The Morgan fingerprint density at radius 2 is 2.22 bits per heavy atom. The molecule has 0 spiro atoms. The summed E-state index contributed by atoms with van der Waals surface area (Å²) in [5.74, 6) is 7.61. The van der Waals surface area contributed by atoms with Gasteiger partial charge in [-0.3, -0.25) is 4.79 Å². The van der Waals surface area contributed by atoms with E-state index in [0.717, 1.165) is 12.8 Å². The van der Waals surface area contributed by atoms with Gasteiger partial charge >= 0.3 is 0 Å². The fraction of sp³-hybridized carbons (Fsp3) is 0.304. The topological polar surface area (TPSA) is 108 Å². The molecule has 0 radical (unpaired) electrons. The predicted molar refractivity (Wildman–Crippen MR) is 120 cm³/mol. The molecule has 164 valence electrons. The van der Waals surface area contributed by atoms with E-state index in [1.165, 1.54) is 12.4 Å². The normalized spacial score (nSPS) is 15.7. The van der Waals surface area contributed by atoms with Crippen molar-refractivity contribution in [3.63, 3.8) is 0 Å². The number of benzene rings is 1. The number of aromatic nitrogens is 4.